The van der Waals surface area contributed by atoms with Crippen molar-refractivity contribution < 1.29 is 65.0 Å². The van der Waals surface area contributed by atoms with Crippen LogP contribution in [0.25, 0.3) is 0 Å². The zero-order chi connectivity index (χ0) is 51.2. The highest BCUT2D eigenvalue weighted by Crippen LogP contribution is 2.32. The summed E-state index contributed by atoms with van der Waals surface area (Å²) in [4.78, 5) is 13.4. The predicted molar refractivity (Wildman–Crippen MR) is 277 cm³/mol. The molecule has 2 fully saturated rings. The molecule has 2 saturated heterocycles. The lowest BCUT2D eigenvalue weighted by atomic mass is 9.87. The van der Waals surface area contributed by atoms with Crippen molar-refractivity contribution in [3.63, 3.8) is 0 Å². The van der Waals surface area contributed by atoms with Gasteiger partial charge in [-0.25, -0.2) is 0 Å². The Morgan fingerprint density at radius 2 is 0.829 bits per heavy atom. The topological polar surface area (TPSA) is 239 Å². The number of ether oxygens (including phenoxy) is 3. The highest BCUT2D eigenvalue weighted by molar-refractivity contribution is 5.76. The van der Waals surface area contributed by atoms with Crippen LogP contribution in [0.3, 0.4) is 0 Å². The van der Waals surface area contributed by atoms with Crippen molar-refractivity contribution in [1.82, 2.24) is 5.32 Å². The van der Waals surface area contributed by atoms with Crippen molar-refractivity contribution in [2.75, 3.05) is 13.2 Å². The molecule has 2 rings (SSSR count). The summed E-state index contributed by atoms with van der Waals surface area (Å²) in [6.45, 7) is 3.02. The van der Waals surface area contributed by atoms with E-state index in [-0.39, 0.29) is 18.7 Å². The van der Waals surface area contributed by atoms with E-state index in [0.29, 0.717) is 12.8 Å². The molecule has 0 radical (unpaired) electrons. The Balaban J connectivity index is 1.78. The van der Waals surface area contributed by atoms with E-state index in [0.717, 1.165) is 38.5 Å². The first-order chi connectivity index (χ1) is 34.0. The van der Waals surface area contributed by atoms with Crippen LogP contribution in [0.5, 0.6) is 0 Å². The number of carbonyl (C=O) groups excluding carboxylic acids is 1. The lowest BCUT2D eigenvalue weighted by Crippen LogP contribution is -2.68. The van der Waals surface area contributed by atoms with Gasteiger partial charge >= 0.3 is 0 Å². The van der Waals surface area contributed by atoms with Crippen LogP contribution in [-0.4, -0.2) is 145 Å². The molecule has 0 aromatic rings. The van der Waals surface area contributed by atoms with Gasteiger partial charge in [0.2, 0.25) is 5.91 Å². The van der Waals surface area contributed by atoms with Gasteiger partial charge < -0.3 is 65.5 Å². The molecule has 14 heteroatoms. The SMILES string of the molecule is CCCCCCCCCCCCCCCCCCCCCCCCCC(=O)N[C@@H](C(O)[C@@H]1O[C@H](CO)[C@@H](O[C@@H]2O[C@H](CO)[C@H](O)[C@H](O)[C@H]2O)[C@H](O)[C@H]1O)[C@H](O)CCCCCCCCCCCCCCC. The molecule has 13 atom stereocenters. The average Bonchev–Trinajstić information content (AvgIpc) is 3.36. The largest absolute Gasteiger partial charge is 0.394 e. The number of rotatable bonds is 46. The lowest BCUT2D eigenvalue weighted by Gasteiger charge is -2.47. The van der Waals surface area contributed by atoms with Crippen LogP contribution in [0, 0.1) is 0 Å². The van der Waals surface area contributed by atoms with E-state index in [1.54, 1.807) is 0 Å². The van der Waals surface area contributed by atoms with Gasteiger partial charge in [0.15, 0.2) is 6.29 Å². The number of unbranched alkanes of at least 4 members (excludes halogenated alkanes) is 34. The Morgan fingerprint density at radius 1 is 0.457 bits per heavy atom. The van der Waals surface area contributed by atoms with Crippen LogP contribution in [0.1, 0.15) is 258 Å². The summed E-state index contributed by atoms with van der Waals surface area (Å²) in [6, 6.07) is -1.26. The highest BCUT2D eigenvalue weighted by atomic mass is 16.7. The molecule has 0 aromatic heterocycles. The van der Waals surface area contributed by atoms with Gasteiger partial charge in [-0.2, -0.15) is 0 Å². The van der Waals surface area contributed by atoms with E-state index in [9.17, 15) is 50.8 Å². The van der Waals surface area contributed by atoms with Gasteiger partial charge in [0, 0.05) is 6.42 Å². The minimum atomic E-state index is -1.85. The first kappa shape index (κ1) is 65.1. The van der Waals surface area contributed by atoms with Crippen molar-refractivity contribution in [2.24, 2.45) is 0 Å². The minimum absolute atomic E-state index is 0.193. The summed E-state index contributed by atoms with van der Waals surface area (Å²) >= 11 is 0. The first-order valence-corrected chi connectivity index (χ1v) is 29.3. The summed E-state index contributed by atoms with van der Waals surface area (Å²) < 4.78 is 17.0. The van der Waals surface area contributed by atoms with Crippen LogP contribution >= 0.6 is 0 Å². The fourth-order valence-electron chi connectivity index (χ4n) is 10.4. The fourth-order valence-corrected chi connectivity index (χ4v) is 10.4. The standard InChI is InChI=1S/C56H109NO13/c1-3-5-7-9-11-13-15-17-18-19-20-21-22-23-24-25-26-28-30-32-34-36-38-40-46(61)57-47(43(60)39-37-35-33-31-29-27-16-14-12-10-8-6-4-2)49(63)55-52(66)51(65)54(45(42-59)68-55)70-56-53(67)50(64)48(62)44(41-58)69-56/h43-45,47-56,58-60,62-67H,3-42H2,1-2H3,(H,57,61)/t43-,44-,45-,47-,48+,49?,50+,51-,52-,53-,54-,55+,56+/m1/s1. The van der Waals surface area contributed by atoms with Gasteiger partial charge in [0.25, 0.3) is 0 Å². The zero-order valence-corrected chi connectivity index (χ0v) is 44.4. The van der Waals surface area contributed by atoms with Crippen LogP contribution in [0.15, 0.2) is 0 Å². The third-order valence-corrected chi connectivity index (χ3v) is 15.1. The monoisotopic (exact) mass is 1000 g/mol. The number of hydrogen-bond donors (Lipinski definition) is 10. The van der Waals surface area contributed by atoms with Crippen LogP contribution in [0.2, 0.25) is 0 Å². The lowest BCUT2D eigenvalue weighted by molar-refractivity contribution is -0.345. The quantitative estimate of drug-likeness (QED) is 0.0257. The smallest absolute Gasteiger partial charge is 0.220 e. The van der Waals surface area contributed by atoms with E-state index in [2.05, 4.69) is 19.2 Å². The van der Waals surface area contributed by atoms with Crippen molar-refractivity contribution in [3.8, 4) is 0 Å². The highest BCUT2D eigenvalue weighted by Gasteiger charge is 2.53. The summed E-state index contributed by atoms with van der Waals surface area (Å²) in [6.07, 6.45) is 25.7. The number of aliphatic hydroxyl groups is 9. The average molecular weight is 1000 g/mol. The van der Waals surface area contributed by atoms with Gasteiger partial charge in [-0.3, -0.25) is 4.79 Å². The van der Waals surface area contributed by atoms with Crippen LogP contribution in [0.4, 0.5) is 0 Å². The van der Waals surface area contributed by atoms with E-state index >= 15 is 0 Å². The van der Waals surface area contributed by atoms with Crippen molar-refractivity contribution >= 4 is 5.91 Å². The van der Waals surface area contributed by atoms with Gasteiger partial charge in [0.05, 0.1) is 25.4 Å². The van der Waals surface area contributed by atoms with Crippen molar-refractivity contribution in [1.29, 1.82) is 0 Å². The Labute approximate surface area is 425 Å². The molecule has 0 aromatic carbocycles. The molecule has 14 nitrogen and oxygen atoms in total. The number of aliphatic hydroxyl groups excluding tert-OH is 9. The predicted octanol–water partition coefficient (Wildman–Crippen LogP) is 8.72. The van der Waals surface area contributed by atoms with Crippen LogP contribution < -0.4 is 5.32 Å². The summed E-state index contributed by atoms with van der Waals surface area (Å²) in [7, 11) is 0. The second-order valence-electron chi connectivity index (χ2n) is 21.3. The molecule has 0 bridgehead atoms. The molecule has 2 heterocycles. The third-order valence-electron chi connectivity index (χ3n) is 15.1. The maximum Gasteiger partial charge on any atom is 0.220 e. The summed E-state index contributed by atoms with van der Waals surface area (Å²) in [5.74, 6) is -0.356. The van der Waals surface area contributed by atoms with Gasteiger partial charge in [-0.15, -0.1) is 0 Å². The first-order valence-electron chi connectivity index (χ1n) is 29.3. The normalized spacial score (nSPS) is 26.3. The van der Waals surface area contributed by atoms with Gasteiger partial charge in [0.1, 0.15) is 61.0 Å². The summed E-state index contributed by atoms with van der Waals surface area (Å²) in [5.41, 5.74) is 0. The number of nitrogens with one attached hydrogen (secondary N) is 1. The van der Waals surface area contributed by atoms with Gasteiger partial charge in [-0.05, 0) is 12.8 Å². The molecular weight excluding hydrogens is 895 g/mol. The van der Waals surface area contributed by atoms with E-state index in [4.69, 9.17) is 14.2 Å². The second-order valence-corrected chi connectivity index (χ2v) is 21.3. The summed E-state index contributed by atoms with van der Waals surface area (Å²) in [5, 5.41) is 99.5. The molecule has 0 saturated carbocycles. The molecular formula is C56H109NO13. The fraction of sp³-hybridized carbons (Fsp3) is 0.982. The molecule has 70 heavy (non-hydrogen) atoms. The Morgan fingerprint density at radius 3 is 1.21 bits per heavy atom. The molecule has 416 valence electrons. The van der Waals surface area contributed by atoms with E-state index in [1.807, 2.05) is 0 Å². The molecule has 0 spiro atoms. The Bertz CT molecular complexity index is 1200. The molecule has 1 amide bonds. The second kappa shape index (κ2) is 42.2. The molecule has 2 aliphatic heterocycles. The zero-order valence-electron chi connectivity index (χ0n) is 44.4. The van der Waals surface area contributed by atoms with E-state index in [1.165, 1.54) is 180 Å². The molecule has 1 unspecified atom stereocenters. The number of amides is 1. The molecule has 10 N–H and O–H groups in total. The van der Waals surface area contributed by atoms with E-state index < -0.39 is 92.7 Å². The third kappa shape index (κ3) is 27.5. The number of carbonyl (C=O) groups is 1. The van der Waals surface area contributed by atoms with Crippen molar-refractivity contribution in [3.05, 3.63) is 0 Å². The Hall–Kier alpha value is -1.01. The Kier molecular flexibility index (Phi) is 39.3. The minimum Gasteiger partial charge on any atom is -0.394 e. The maximum absolute atomic E-state index is 13.4. The van der Waals surface area contributed by atoms with Crippen LogP contribution in [-0.2, 0) is 19.0 Å². The maximum atomic E-state index is 13.4. The number of hydrogen-bond acceptors (Lipinski definition) is 13. The van der Waals surface area contributed by atoms with Crippen molar-refractivity contribution in [2.45, 2.75) is 337 Å². The van der Waals surface area contributed by atoms with Gasteiger partial charge in [-0.1, -0.05) is 239 Å². The molecule has 0 aliphatic carbocycles. The molecule has 2 aliphatic rings.